The predicted octanol–water partition coefficient (Wildman–Crippen LogP) is 4.42. The van der Waals surface area contributed by atoms with Crippen molar-refractivity contribution < 1.29 is 9.47 Å². The molecule has 3 N–H and O–H groups in total. The van der Waals surface area contributed by atoms with Crippen molar-refractivity contribution in [1.29, 1.82) is 0 Å². The maximum atomic E-state index is 5.88. The number of methoxy groups -OCH3 is 1. The second-order valence-corrected chi connectivity index (χ2v) is 7.21. The average molecular weight is 536 g/mol. The minimum Gasteiger partial charge on any atom is -0.491 e. The number of halogens is 1. The van der Waals surface area contributed by atoms with Gasteiger partial charge in [-0.3, -0.25) is 0 Å². The number of para-hydroxylation sites is 1. The molecule has 1 aromatic heterocycles. The molecule has 7 heteroatoms. The van der Waals surface area contributed by atoms with Gasteiger partial charge in [0.25, 0.3) is 0 Å². The van der Waals surface area contributed by atoms with Gasteiger partial charge in [-0.25, -0.2) is 4.99 Å². The third-order valence-electron chi connectivity index (χ3n) is 4.79. The molecule has 31 heavy (non-hydrogen) atoms. The number of ether oxygens (including phenoxy) is 2. The van der Waals surface area contributed by atoms with E-state index in [0.717, 1.165) is 36.8 Å². The van der Waals surface area contributed by atoms with Crippen LogP contribution in [0.1, 0.15) is 23.7 Å². The second-order valence-electron chi connectivity index (χ2n) is 7.21. The number of benzene rings is 2. The Bertz CT molecular complexity index is 938. The van der Waals surface area contributed by atoms with Crippen LogP contribution < -0.4 is 15.4 Å². The number of nitrogens with zero attached hydrogens (tertiary/aromatic N) is 1. The fourth-order valence-corrected chi connectivity index (χ4v) is 3.25. The van der Waals surface area contributed by atoms with Crippen LogP contribution in [-0.4, -0.2) is 44.4 Å². The van der Waals surface area contributed by atoms with Crippen molar-refractivity contribution in [3.63, 3.8) is 0 Å². The van der Waals surface area contributed by atoms with E-state index < -0.39 is 0 Å². The van der Waals surface area contributed by atoms with Crippen LogP contribution in [0.2, 0.25) is 0 Å². The molecule has 0 fully saturated rings. The second kappa shape index (κ2) is 13.2. The highest BCUT2D eigenvalue weighted by Gasteiger charge is 2.06. The van der Waals surface area contributed by atoms with E-state index in [1.54, 1.807) is 7.11 Å². The number of fused-ring (bicyclic) bond motifs is 1. The van der Waals surface area contributed by atoms with E-state index >= 15 is 0 Å². The van der Waals surface area contributed by atoms with Crippen LogP contribution in [0.4, 0.5) is 0 Å². The van der Waals surface area contributed by atoms with Crippen LogP contribution >= 0.6 is 24.0 Å². The molecule has 0 saturated carbocycles. The van der Waals surface area contributed by atoms with E-state index in [2.05, 4.69) is 78.0 Å². The smallest absolute Gasteiger partial charge is 0.191 e. The number of hydrogen-bond donors (Lipinski definition) is 3. The number of aromatic amines is 1. The summed E-state index contributed by atoms with van der Waals surface area (Å²) < 4.78 is 11.0. The minimum absolute atomic E-state index is 0. The summed E-state index contributed by atoms with van der Waals surface area (Å²) in [4.78, 5) is 8.22. The molecule has 0 aliphatic carbocycles. The van der Waals surface area contributed by atoms with Gasteiger partial charge in [0, 0.05) is 43.4 Å². The number of rotatable bonds is 10. The zero-order valence-corrected chi connectivity index (χ0v) is 20.9. The summed E-state index contributed by atoms with van der Waals surface area (Å²) in [5.74, 6) is 1.67. The van der Waals surface area contributed by atoms with Crippen molar-refractivity contribution in [2.45, 2.75) is 26.8 Å². The Balaban J connectivity index is 0.00000341. The first-order chi connectivity index (χ1) is 14.7. The molecule has 0 aliphatic heterocycles. The molecule has 0 amide bonds. The third kappa shape index (κ3) is 7.74. The molecule has 0 bridgehead atoms. The molecule has 0 saturated heterocycles. The summed E-state index contributed by atoms with van der Waals surface area (Å²) >= 11 is 0. The van der Waals surface area contributed by atoms with Gasteiger partial charge in [-0.05, 0) is 43.0 Å². The summed E-state index contributed by atoms with van der Waals surface area (Å²) in [6.45, 7) is 7.37. The Kier molecular flexibility index (Phi) is 10.7. The van der Waals surface area contributed by atoms with Crippen LogP contribution in [0, 0.1) is 6.92 Å². The monoisotopic (exact) mass is 536 g/mol. The molecular formula is C24H33IN4O2. The van der Waals surface area contributed by atoms with Gasteiger partial charge in [-0.1, -0.05) is 30.3 Å². The Hall–Kier alpha value is -2.26. The standard InChI is InChI=1S/C24H32N4O2.HI/c1-4-25-24(26-12-11-21-16-19-7-5-6-8-22(19)28-21)27-17-20-10-9-18(2)15-23(20)30-14-13-29-3;/h5-10,15-16,28H,4,11-14,17H2,1-3H3,(H2,25,26,27);1H. The topological polar surface area (TPSA) is 70.7 Å². The largest absolute Gasteiger partial charge is 0.491 e. The van der Waals surface area contributed by atoms with Gasteiger partial charge in [-0.15, -0.1) is 24.0 Å². The van der Waals surface area contributed by atoms with Crippen molar-refractivity contribution in [3.8, 4) is 5.75 Å². The van der Waals surface area contributed by atoms with Crippen molar-refractivity contribution in [2.24, 2.45) is 4.99 Å². The van der Waals surface area contributed by atoms with Crippen molar-refractivity contribution in [3.05, 3.63) is 65.4 Å². The number of aromatic nitrogens is 1. The first-order valence-electron chi connectivity index (χ1n) is 10.5. The van der Waals surface area contributed by atoms with Gasteiger partial charge in [-0.2, -0.15) is 0 Å². The van der Waals surface area contributed by atoms with Crippen LogP contribution in [-0.2, 0) is 17.7 Å². The maximum Gasteiger partial charge on any atom is 0.191 e. The maximum absolute atomic E-state index is 5.88. The molecule has 1 heterocycles. The minimum atomic E-state index is 0. The lowest BCUT2D eigenvalue weighted by atomic mass is 10.1. The molecule has 0 unspecified atom stereocenters. The van der Waals surface area contributed by atoms with Gasteiger partial charge in [0.05, 0.1) is 13.2 Å². The zero-order valence-electron chi connectivity index (χ0n) is 18.5. The lowest BCUT2D eigenvalue weighted by molar-refractivity contribution is 0.145. The summed E-state index contributed by atoms with van der Waals surface area (Å²) in [5.41, 5.74) is 4.61. The molecule has 0 atom stereocenters. The van der Waals surface area contributed by atoms with Crippen LogP contribution in [0.15, 0.2) is 53.5 Å². The van der Waals surface area contributed by atoms with Crippen molar-refractivity contribution in [2.75, 3.05) is 33.4 Å². The first kappa shape index (κ1) is 25.0. The molecule has 3 aromatic rings. The molecule has 6 nitrogen and oxygen atoms in total. The third-order valence-corrected chi connectivity index (χ3v) is 4.79. The van der Waals surface area contributed by atoms with E-state index in [9.17, 15) is 0 Å². The number of guanidine groups is 1. The summed E-state index contributed by atoms with van der Waals surface area (Å²) in [7, 11) is 1.68. The first-order valence-corrected chi connectivity index (χ1v) is 10.5. The number of hydrogen-bond acceptors (Lipinski definition) is 3. The van der Waals surface area contributed by atoms with E-state index in [4.69, 9.17) is 14.5 Å². The van der Waals surface area contributed by atoms with Gasteiger partial charge < -0.3 is 25.1 Å². The van der Waals surface area contributed by atoms with Gasteiger partial charge >= 0.3 is 0 Å². The quantitative estimate of drug-likeness (QED) is 0.155. The Labute approximate surface area is 201 Å². The average Bonchev–Trinajstić information content (AvgIpc) is 3.16. The lowest BCUT2D eigenvalue weighted by Crippen LogP contribution is -2.38. The van der Waals surface area contributed by atoms with Crippen molar-refractivity contribution >= 4 is 40.8 Å². The summed E-state index contributed by atoms with van der Waals surface area (Å²) in [6, 6.07) is 16.8. The van der Waals surface area contributed by atoms with Gasteiger partial charge in [0.2, 0.25) is 0 Å². The van der Waals surface area contributed by atoms with E-state index in [-0.39, 0.29) is 24.0 Å². The molecule has 0 radical (unpaired) electrons. The SMILES string of the molecule is CCNC(=NCc1ccc(C)cc1OCCOC)NCCc1cc2ccccc2[nH]1.I. The molecular weight excluding hydrogens is 503 g/mol. The fourth-order valence-electron chi connectivity index (χ4n) is 3.25. The zero-order chi connectivity index (χ0) is 21.2. The Morgan fingerprint density at radius 1 is 1.06 bits per heavy atom. The highest BCUT2D eigenvalue weighted by molar-refractivity contribution is 14.0. The fraction of sp³-hybridized carbons (Fsp3) is 0.375. The molecule has 2 aromatic carbocycles. The summed E-state index contributed by atoms with van der Waals surface area (Å²) in [6.07, 6.45) is 0.898. The number of aliphatic imine (C=N–C) groups is 1. The van der Waals surface area contributed by atoms with E-state index in [1.165, 1.54) is 22.2 Å². The molecule has 168 valence electrons. The number of nitrogens with one attached hydrogen (secondary N) is 3. The lowest BCUT2D eigenvalue weighted by Gasteiger charge is -2.13. The number of aryl methyl sites for hydroxylation is 1. The predicted molar refractivity (Wildman–Crippen MR) is 139 cm³/mol. The van der Waals surface area contributed by atoms with E-state index in [1.807, 2.05) is 0 Å². The van der Waals surface area contributed by atoms with Crippen LogP contribution in [0.25, 0.3) is 10.9 Å². The van der Waals surface area contributed by atoms with Gasteiger partial charge in [0.15, 0.2) is 5.96 Å². The molecule has 0 aliphatic rings. The molecule has 3 rings (SSSR count). The van der Waals surface area contributed by atoms with E-state index in [0.29, 0.717) is 19.8 Å². The van der Waals surface area contributed by atoms with Crippen LogP contribution in [0.5, 0.6) is 5.75 Å². The van der Waals surface area contributed by atoms with Crippen LogP contribution in [0.3, 0.4) is 0 Å². The number of H-pyrrole nitrogens is 1. The Morgan fingerprint density at radius 3 is 2.68 bits per heavy atom. The summed E-state index contributed by atoms with van der Waals surface area (Å²) in [5, 5.41) is 7.99. The molecule has 0 spiro atoms. The van der Waals surface area contributed by atoms with Gasteiger partial charge in [0.1, 0.15) is 12.4 Å². The Morgan fingerprint density at radius 2 is 1.90 bits per heavy atom. The highest BCUT2D eigenvalue weighted by Crippen LogP contribution is 2.21. The normalized spacial score (nSPS) is 11.3. The van der Waals surface area contributed by atoms with Crippen molar-refractivity contribution in [1.82, 2.24) is 15.6 Å². The highest BCUT2D eigenvalue weighted by atomic mass is 127.